The predicted molar refractivity (Wildman–Crippen MR) is 108 cm³/mol. The number of hydrogen-bond acceptors (Lipinski definition) is 5. The van der Waals surface area contributed by atoms with Gasteiger partial charge >= 0.3 is 5.97 Å². The topological polar surface area (TPSA) is 73.9 Å². The lowest BCUT2D eigenvalue weighted by Gasteiger charge is -2.14. The number of methoxy groups -OCH3 is 1. The lowest BCUT2D eigenvalue weighted by atomic mass is 10.0. The number of nitrogens with one attached hydrogen (secondary N) is 1. The second-order valence-corrected chi connectivity index (χ2v) is 6.08. The maximum absolute atomic E-state index is 12.3. The number of amides is 1. The third kappa shape index (κ3) is 5.25. The largest absolute Gasteiger partial charge is 0.493 e. The molecule has 6 nitrogen and oxygen atoms in total. The number of anilines is 1. The van der Waals surface area contributed by atoms with Gasteiger partial charge in [-0.05, 0) is 49.1 Å². The van der Waals surface area contributed by atoms with Gasteiger partial charge in [0.2, 0.25) is 0 Å². The van der Waals surface area contributed by atoms with Gasteiger partial charge in [-0.1, -0.05) is 32.0 Å². The van der Waals surface area contributed by atoms with Crippen molar-refractivity contribution in [1.29, 1.82) is 0 Å². The highest BCUT2D eigenvalue weighted by Crippen LogP contribution is 2.28. The molecule has 0 radical (unpaired) electrons. The molecule has 2 rings (SSSR count). The molecule has 0 fully saturated rings. The van der Waals surface area contributed by atoms with Crippen molar-refractivity contribution in [2.75, 3.05) is 25.6 Å². The SMILES string of the molecule is CCOc1ccc(C(=O)OCC(=O)Nc2c(CC)cccc2CC)cc1OC. The van der Waals surface area contributed by atoms with Crippen molar-refractivity contribution in [3.63, 3.8) is 0 Å². The third-order valence-electron chi connectivity index (χ3n) is 4.30. The minimum Gasteiger partial charge on any atom is -0.493 e. The van der Waals surface area contributed by atoms with E-state index in [1.54, 1.807) is 12.1 Å². The first kappa shape index (κ1) is 21.3. The molecule has 0 aromatic heterocycles. The van der Waals surface area contributed by atoms with Crippen molar-refractivity contribution in [2.24, 2.45) is 0 Å². The number of ether oxygens (including phenoxy) is 3. The van der Waals surface area contributed by atoms with Crippen LogP contribution in [0.25, 0.3) is 0 Å². The lowest BCUT2D eigenvalue weighted by Crippen LogP contribution is -2.22. The van der Waals surface area contributed by atoms with Gasteiger partial charge in [-0.3, -0.25) is 4.79 Å². The predicted octanol–water partition coefficient (Wildman–Crippen LogP) is 4.01. The zero-order chi connectivity index (χ0) is 20.5. The molecule has 2 aromatic rings. The Balaban J connectivity index is 2.02. The van der Waals surface area contributed by atoms with Crippen molar-refractivity contribution in [2.45, 2.75) is 33.6 Å². The molecule has 0 aliphatic heterocycles. The first-order valence-electron chi connectivity index (χ1n) is 9.42. The Morgan fingerprint density at radius 3 is 2.21 bits per heavy atom. The lowest BCUT2D eigenvalue weighted by molar-refractivity contribution is -0.119. The van der Waals surface area contributed by atoms with E-state index >= 15 is 0 Å². The van der Waals surface area contributed by atoms with Crippen LogP contribution >= 0.6 is 0 Å². The van der Waals surface area contributed by atoms with Crippen LogP contribution in [0.1, 0.15) is 42.3 Å². The van der Waals surface area contributed by atoms with Crippen LogP contribution in [0.4, 0.5) is 5.69 Å². The number of aryl methyl sites for hydroxylation is 2. The Morgan fingerprint density at radius 2 is 1.64 bits per heavy atom. The van der Waals surface area contributed by atoms with Crippen molar-refractivity contribution in [3.8, 4) is 11.5 Å². The van der Waals surface area contributed by atoms with Crippen LogP contribution in [0, 0.1) is 0 Å². The fraction of sp³-hybridized carbons (Fsp3) is 0.364. The number of rotatable bonds is 9. The molecular formula is C22H27NO5. The molecule has 1 amide bonds. The first-order chi connectivity index (χ1) is 13.5. The molecule has 0 saturated heterocycles. The van der Waals surface area contributed by atoms with E-state index < -0.39 is 5.97 Å². The van der Waals surface area contributed by atoms with E-state index in [0.717, 1.165) is 29.7 Å². The molecule has 150 valence electrons. The summed E-state index contributed by atoms with van der Waals surface area (Å²) in [5, 5.41) is 2.88. The fourth-order valence-corrected chi connectivity index (χ4v) is 2.86. The zero-order valence-corrected chi connectivity index (χ0v) is 16.8. The van der Waals surface area contributed by atoms with Crippen LogP contribution in [0.3, 0.4) is 0 Å². The van der Waals surface area contributed by atoms with Crippen LogP contribution in [0.5, 0.6) is 11.5 Å². The van der Waals surface area contributed by atoms with E-state index in [1.807, 2.05) is 39.0 Å². The van der Waals surface area contributed by atoms with Gasteiger partial charge in [-0.15, -0.1) is 0 Å². The highest BCUT2D eigenvalue weighted by Gasteiger charge is 2.15. The number of esters is 1. The first-order valence-corrected chi connectivity index (χ1v) is 9.42. The van der Waals surface area contributed by atoms with E-state index in [0.29, 0.717) is 18.1 Å². The smallest absolute Gasteiger partial charge is 0.338 e. The monoisotopic (exact) mass is 385 g/mol. The summed E-state index contributed by atoms with van der Waals surface area (Å²) in [5.74, 6) is 0.00520. The van der Waals surface area contributed by atoms with Crippen molar-refractivity contribution < 1.29 is 23.8 Å². The second-order valence-electron chi connectivity index (χ2n) is 6.08. The van der Waals surface area contributed by atoms with Crippen molar-refractivity contribution in [3.05, 3.63) is 53.1 Å². The molecule has 0 atom stereocenters. The Kier molecular flexibility index (Phi) is 7.87. The molecule has 0 bridgehead atoms. The molecule has 0 heterocycles. The number of carbonyl (C=O) groups is 2. The molecule has 2 aromatic carbocycles. The molecule has 0 spiro atoms. The van der Waals surface area contributed by atoms with Crippen molar-refractivity contribution in [1.82, 2.24) is 0 Å². The van der Waals surface area contributed by atoms with Gasteiger partial charge in [0.05, 0.1) is 19.3 Å². The summed E-state index contributed by atoms with van der Waals surface area (Å²) in [7, 11) is 1.50. The van der Waals surface area contributed by atoms with E-state index in [1.165, 1.54) is 13.2 Å². The number of benzene rings is 2. The Hall–Kier alpha value is -3.02. The summed E-state index contributed by atoms with van der Waals surface area (Å²) in [6.07, 6.45) is 1.60. The quantitative estimate of drug-likeness (QED) is 0.660. The van der Waals surface area contributed by atoms with Crippen LogP contribution in [-0.4, -0.2) is 32.2 Å². The minimum absolute atomic E-state index is 0.288. The average Bonchev–Trinajstić information content (AvgIpc) is 2.72. The zero-order valence-electron chi connectivity index (χ0n) is 16.8. The van der Waals surface area contributed by atoms with E-state index in [4.69, 9.17) is 14.2 Å². The molecule has 0 unspecified atom stereocenters. The number of hydrogen-bond donors (Lipinski definition) is 1. The summed E-state index contributed by atoms with van der Waals surface area (Å²) >= 11 is 0. The Labute approximate surface area is 165 Å². The van der Waals surface area contributed by atoms with Gasteiger partial charge < -0.3 is 19.5 Å². The highest BCUT2D eigenvalue weighted by molar-refractivity contribution is 5.96. The van der Waals surface area contributed by atoms with E-state index in [9.17, 15) is 9.59 Å². The summed E-state index contributed by atoms with van der Waals surface area (Å²) in [4.78, 5) is 24.6. The van der Waals surface area contributed by atoms with Gasteiger partial charge in [0.15, 0.2) is 18.1 Å². The maximum Gasteiger partial charge on any atom is 0.338 e. The molecule has 1 N–H and O–H groups in total. The van der Waals surface area contributed by atoms with Gasteiger partial charge in [0.1, 0.15) is 0 Å². The normalized spacial score (nSPS) is 10.3. The summed E-state index contributed by atoms with van der Waals surface area (Å²) in [5.41, 5.74) is 3.19. The van der Waals surface area contributed by atoms with Gasteiger partial charge in [0, 0.05) is 5.69 Å². The van der Waals surface area contributed by atoms with Gasteiger partial charge in [-0.2, -0.15) is 0 Å². The number of carbonyl (C=O) groups excluding carboxylic acids is 2. The standard InChI is InChI=1S/C22H27NO5/c1-5-15-9-8-10-16(6-2)21(15)23-20(24)14-28-22(25)17-11-12-18(27-7-3)19(13-17)26-4/h8-13H,5-7,14H2,1-4H3,(H,23,24). The van der Waals surface area contributed by atoms with Crippen LogP contribution < -0.4 is 14.8 Å². The Bertz CT molecular complexity index is 809. The molecule has 0 aliphatic carbocycles. The maximum atomic E-state index is 12.3. The van der Waals surface area contributed by atoms with Gasteiger partial charge in [0.25, 0.3) is 5.91 Å². The molecule has 6 heteroatoms. The number of para-hydroxylation sites is 1. The minimum atomic E-state index is -0.601. The molecule has 0 saturated carbocycles. The van der Waals surface area contributed by atoms with Gasteiger partial charge in [-0.25, -0.2) is 4.79 Å². The molecular weight excluding hydrogens is 358 g/mol. The summed E-state index contributed by atoms with van der Waals surface area (Å²) in [6, 6.07) is 10.7. The second kappa shape index (κ2) is 10.3. The van der Waals surface area contributed by atoms with Crippen molar-refractivity contribution >= 4 is 17.6 Å². The average molecular weight is 385 g/mol. The third-order valence-corrected chi connectivity index (χ3v) is 4.30. The van der Waals surface area contributed by atoms with E-state index in [2.05, 4.69) is 5.32 Å². The van der Waals surface area contributed by atoms with E-state index in [-0.39, 0.29) is 18.1 Å². The summed E-state index contributed by atoms with van der Waals surface area (Å²) < 4.78 is 15.8. The summed E-state index contributed by atoms with van der Waals surface area (Å²) in [6.45, 7) is 6.04. The Morgan fingerprint density at radius 1 is 0.964 bits per heavy atom. The van der Waals surface area contributed by atoms with Crippen LogP contribution in [0.15, 0.2) is 36.4 Å². The van der Waals surface area contributed by atoms with Crippen LogP contribution in [0.2, 0.25) is 0 Å². The molecule has 28 heavy (non-hydrogen) atoms. The highest BCUT2D eigenvalue weighted by atomic mass is 16.5. The fourth-order valence-electron chi connectivity index (χ4n) is 2.86. The van der Waals surface area contributed by atoms with Crippen LogP contribution in [-0.2, 0) is 22.4 Å². The molecule has 0 aliphatic rings.